The van der Waals surface area contributed by atoms with E-state index in [1.165, 1.54) is 23.1 Å². The van der Waals surface area contributed by atoms with Gasteiger partial charge < -0.3 is 10.2 Å². The van der Waals surface area contributed by atoms with Crippen molar-refractivity contribution in [2.24, 2.45) is 0 Å². The number of aromatic nitrogens is 2. The summed E-state index contributed by atoms with van der Waals surface area (Å²) < 4.78 is 0.756. The van der Waals surface area contributed by atoms with Crippen LogP contribution in [0.3, 0.4) is 0 Å². The Morgan fingerprint density at radius 1 is 1.18 bits per heavy atom. The molecule has 8 heteroatoms. The van der Waals surface area contributed by atoms with Crippen LogP contribution in [0.4, 0.5) is 10.8 Å². The third kappa shape index (κ3) is 5.47. The molecule has 5 nitrogen and oxygen atoms in total. The molecule has 0 unspecified atom stereocenters. The summed E-state index contributed by atoms with van der Waals surface area (Å²) in [6, 6.07) is 15.7. The van der Waals surface area contributed by atoms with Crippen LogP contribution in [0.15, 0.2) is 52.9 Å². The predicted octanol–water partition coefficient (Wildman–Crippen LogP) is 5.38. The minimum Gasteiger partial charge on any atom is -0.338 e. The van der Waals surface area contributed by atoms with E-state index in [-0.39, 0.29) is 5.91 Å². The van der Waals surface area contributed by atoms with Gasteiger partial charge in [0.15, 0.2) is 4.34 Å². The standard InChI is InChI=1S/C20H21ClN4OS2/c1-3-25(12-15-8-5-4-6-9-15)18(26)13-27-20-24-23-19(28-20)22-17-11-7-10-16(21)14(17)2/h4-11H,3,12-13H2,1-2H3,(H,22,23). The van der Waals surface area contributed by atoms with Crippen molar-refractivity contribution in [3.05, 3.63) is 64.7 Å². The Bertz CT molecular complexity index is 933. The largest absolute Gasteiger partial charge is 0.338 e. The summed E-state index contributed by atoms with van der Waals surface area (Å²) in [6.07, 6.45) is 0. The smallest absolute Gasteiger partial charge is 0.233 e. The minimum absolute atomic E-state index is 0.0896. The van der Waals surface area contributed by atoms with E-state index >= 15 is 0 Å². The van der Waals surface area contributed by atoms with Gasteiger partial charge in [-0.2, -0.15) is 0 Å². The molecule has 0 bridgehead atoms. The summed E-state index contributed by atoms with van der Waals surface area (Å²) in [4.78, 5) is 14.4. The molecule has 0 aliphatic heterocycles. The zero-order chi connectivity index (χ0) is 19.9. The molecular weight excluding hydrogens is 412 g/mol. The van der Waals surface area contributed by atoms with Gasteiger partial charge in [0, 0.05) is 23.8 Å². The van der Waals surface area contributed by atoms with Crippen LogP contribution < -0.4 is 5.32 Å². The van der Waals surface area contributed by atoms with Gasteiger partial charge in [0.1, 0.15) is 0 Å². The zero-order valence-electron chi connectivity index (χ0n) is 15.7. The van der Waals surface area contributed by atoms with Gasteiger partial charge >= 0.3 is 0 Å². The van der Waals surface area contributed by atoms with Gasteiger partial charge in [-0.1, -0.05) is 71.1 Å². The number of benzene rings is 2. The van der Waals surface area contributed by atoms with E-state index in [1.54, 1.807) is 0 Å². The summed E-state index contributed by atoms with van der Waals surface area (Å²) in [5.74, 6) is 0.428. The second-order valence-corrected chi connectivity index (χ2v) is 8.70. The molecule has 146 valence electrons. The van der Waals surface area contributed by atoms with Gasteiger partial charge in [-0.25, -0.2) is 0 Å². The Morgan fingerprint density at radius 3 is 2.71 bits per heavy atom. The maximum absolute atomic E-state index is 12.6. The first-order valence-corrected chi connectivity index (χ1v) is 11.0. The second-order valence-electron chi connectivity index (χ2n) is 6.09. The summed E-state index contributed by atoms with van der Waals surface area (Å²) in [6.45, 7) is 5.23. The van der Waals surface area contributed by atoms with Crippen LogP contribution in [0.2, 0.25) is 5.02 Å². The molecule has 1 amide bonds. The highest BCUT2D eigenvalue weighted by Crippen LogP contribution is 2.30. The van der Waals surface area contributed by atoms with Gasteiger partial charge in [0.05, 0.1) is 5.75 Å². The molecule has 28 heavy (non-hydrogen) atoms. The first kappa shape index (κ1) is 20.6. The highest BCUT2D eigenvalue weighted by molar-refractivity contribution is 8.01. The molecule has 0 fully saturated rings. The number of halogens is 1. The molecule has 0 saturated carbocycles. The number of amides is 1. The van der Waals surface area contributed by atoms with Crippen LogP contribution in [0.25, 0.3) is 0 Å². The van der Waals surface area contributed by atoms with E-state index in [0.29, 0.717) is 29.0 Å². The van der Waals surface area contributed by atoms with E-state index in [0.717, 1.165) is 21.2 Å². The van der Waals surface area contributed by atoms with Gasteiger partial charge in [0.25, 0.3) is 0 Å². The molecule has 3 rings (SSSR count). The molecule has 0 aliphatic rings. The van der Waals surface area contributed by atoms with E-state index in [2.05, 4.69) is 15.5 Å². The maximum atomic E-state index is 12.6. The number of thioether (sulfide) groups is 1. The second kappa shape index (κ2) is 9.91. The van der Waals surface area contributed by atoms with E-state index in [9.17, 15) is 4.79 Å². The number of carbonyl (C=O) groups excluding carboxylic acids is 1. The Labute approximate surface area is 178 Å². The molecule has 0 saturated heterocycles. The molecule has 0 spiro atoms. The number of carbonyl (C=O) groups is 1. The molecule has 0 radical (unpaired) electrons. The molecule has 1 N–H and O–H groups in total. The van der Waals surface area contributed by atoms with Crippen molar-refractivity contribution in [1.29, 1.82) is 0 Å². The highest BCUT2D eigenvalue weighted by Gasteiger charge is 2.15. The maximum Gasteiger partial charge on any atom is 0.233 e. The number of hydrogen-bond acceptors (Lipinski definition) is 6. The summed E-state index contributed by atoms with van der Waals surface area (Å²) in [5, 5.41) is 13.0. The fraction of sp³-hybridized carbons (Fsp3) is 0.250. The number of nitrogens with one attached hydrogen (secondary N) is 1. The van der Waals surface area contributed by atoms with Crippen LogP contribution in [-0.2, 0) is 11.3 Å². The van der Waals surface area contributed by atoms with Crippen molar-refractivity contribution in [2.75, 3.05) is 17.6 Å². The van der Waals surface area contributed by atoms with Crippen LogP contribution in [0.5, 0.6) is 0 Å². The van der Waals surface area contributed by atoms with Crippen molar-refractivity contribution < 1.29 is 4.79 Å². The Morgan fingerprint density at radius 2 is 1.96 bits per heavy atom. The quantitative estimate of drug-likeness (QED) is 0.484. The average Bonchev–Trinajstić information content (AvgIpc) is 3.16. The molecule has 2 aromatic carbocycles. The van der Waals surface area contributed by atoms with Gasteiger partial charge in [0.2, 0.25) is 11.0 Å². The molecule has 1 heterocycles. The van der Waals surface area contributed by atoms with Gasteiger partial charge in [-0.15, -0.1) is 10.2 Å². The van der Waals surface area contributed by atoms with Crippen molar-refractivity contribution in [2.45, 2.75) is 24.7 Å². The topological polar surface area (TPSA) is 58.1 Å². The monoisotopic (exact) mass is 432 g/mol. The van der Waals surface area contributed by atoms with E-state index < -0.39 is 0 Å². The van der Waals surface area contributed by atoms with E-state index in [4.69, 9.17) is 11.6 Å². The lowest BCUT2D eigenvalue weighted by atomic mass is 10.2. The molecule has 3 aromatic rings. The fourth-order valence-electron chi connectivity index (χ4n) is 2.57. The first-order chi connectivity index (χ1) is 13.6. The fourth-order valence-corrected chi connectivity index (χ4v) is 4.41. The first-order valence-electron chi connectivity index (χ1n) is 8.87. The lowest BCUT2D eigenvalue weighted by Gasteiger charge is -2.20. The van der Waals surface area contributed by atoms with Crippen LogP contribution in [0, 0.1) is 6.92 Å². The third-order valence-corrected chi connectivity index (χ3v) is 6.55. The SMILES string of the molecule is CCN(Cc1ccccc1)C(=O)CSc1nnc(Nc2cccc(Cl)c2C)s1. The van der Waals surface area contributed by atoms with Crippen molar-refractivity contribution >= 4 is 51.4 Å². The van der Waals surface area contributed by atoms with Crippen LogP contribution in [0.1, 0.15) is 18.1 Å². The highest BCUT2D eigenvalue weighted by atomic mass is 35.5. The van der Waals surface area contributed by atoms with Gasteiger partial charge in [-0.05, 0) is 37.1 Å². The summed E-state index contributed by atoms with van der Waals surface area (Å²) >= 11 is 8.98. The average molecular weight is 433 g/mol. The number of hydrogen-bond donors (Lipinski definition) is 1. The number of nitrogens with zero attached hydrogens (tertiary/aromatic N) is 3. The zero-order valence-corrected chi connectivity index (χ0v) is 18.1. The Balaban J connectivity index is 1.56. The van der Waals surface area contributed by atoms with E-state index in [1.807, 2.05) is 67.3 Å². The molecule has 0 aliphatic carbocycles. The lowest BCUT2D eigenvalue weighted by Crippen LogP contribution is -2.31. The lowest BCUT2D eigenvalue weighted by molar-refractivity contribution is -0.128. The van der Waals surface area contributed by atoms with Crippen LogP contribution in [-0.4, -0.2) is 33.3 Å². The van der Waals surface area contributed by atoms with Gasteiger partial charge in [-0.3, -0.25) is 4.79 Å². The van der Waals surface area contributed by atoms with Crippen LogP contribution >= 0.6 is 34.7 Å². The predicted molar refractivity (Wildman–Crippen MR) is 118 cm³/mol. The number of rotatable bonds is 8. The molecular formula is C20H21ClN4OS2. The molecule has 1 aromatic heterocycles. The minimum atomic E-state index is 0.0896. The molecule has 0 atom stereocenters. The third-order valence-electron chi connectivity index (χ3n) is 4.19. The summed E-state index contributed by atoms with van der Waals surface area (Å²) in [5.41, 5.74) is 2.99. The summed E-state index contributed by atoms with van der Waals surface area (Å²) in [7, 11) is 0. The Kier molecular flexibility index (Phi) is 7.30. The van der Waals surface area contributed by atoms with Crippen molar-refractivity contribution in [1.82, 2.24) is 15.1 Å². The van der Waals surface area contributed by atoms with Crippen molar-refractivity contribution in [3.8, 4) is 0 Å². The number of anilines is 2. The Hall–Kier alpha value is -2.09. The van der Waals surface area contributed by atoms with Crippen molar-refractivity contribution in [3.63, 3.8) is 0 Å². The normalized spacial score (nSPS) is 10.7.